The van der Waals surface area contributed by atoms with Gasteiger partial charge in [0.15, 0.2) is 5.96 Å². The van der Waals surface area contributed by atoms with Crippen molar-refractivity contribution in [1.29, 1.82) is 0 Å². The van der Waals surface area contributed by atoms with Crippen molar-refractivity contribution in [3.8, 4) is 0 Å². The number of nitrogens with one attached hydrogen (secondary N) is 2. The van der Waals surface area contributed by atoms with Gasteiger partial charge in [0.05, 0.1) is 12.5 Å². The summed E-state index contributed by atoms with van der Waals surface area (Å²) in [6.07, 6.45) is 4.83. The summed E-state index contributed by atoms with van der Waals surface area (Å²) in [4.78, 5) is 17.6. The largest absolute Gasteiger partial charge is 0.466 e. The molecular weight excluding hydrogens is 334 g/mol. The Hall–Kier alpha value is -1.56. The van der Waals surface area contributed by atoms with E-state index < -0.39 is 0 Å². The van der Waals surface area contributed by atoms with Crippen molar-refractivity contribution >= 4 is 23.3 Å². The molecule has 0 saturated heterocycles. The zero-order chi connectivity index (χ0) is 18.1. The van der Waals surface area contributed by atoms with Crippen molar-refractivity contribution in [1.82, 2.24) is 10.6 Å². The Morgan fingerprint density at radius 1 is 1.40 bits per heavy atom. The average Bonchev–Trinajstić information content (AvgIpc) is 3.12. The summed E-state index contributed by atoms with van der Waals surface area (Å²) in [6, 6.07) is 4.67. The monoisotopic (exact) mass is 365 g/mol. The van der Waals surface area contributed by atoms with Gasteiger partial charge in [0.1, 0.15) is 0 Å². The zero-order valence-electron chi connectivity index (χ0n) is 15.6. The lowest BCUT2D eigenvalue weighted by atomic mass is 9.86. The quantitative estimate of drug-likeness (QED) is 0.442. The van der Waals surface area contributed by atoms with Crippen molar-refractivity contribution < 1.29 is 9.53 Å². The van der Waals surface area contributed by atoms with Gasteiger partial charge in [0.25, 0.3) is 0 Å². The number of carbonyl (C=O) groups is 1. The van der Waals surface area contributed by atoms with Crippen LogP contribution in [0.25, 0.3) is 0 Å². The third-order valence-corrected chi connectivity index (χ3v) is 5.56. The first-order valence-corrected chi connectivity index (χ1v) is 10.2. The topological polar surface area (TPSA) is 62.7 Å². The highest BCUT2D eigenvalue weighted by molar-refractivity contribution is 7.09. The number of aliphatic imine (C=N–C) groups is 1. The molecule has 1 fully saturated rings. The molecule has 6 heteroatoms. The molecule has 0 radical (unpaired) electrons. The Bertz CT molecular complexity index is 537. The van der Waals surface area contributed by atoms with E-state index in [1.807, 2.05) is 25.3 Å². The number of hydrogen-bond donors (Lipinski definition) is 2. The minimum atomic E-state index is -0.0362. The molecule has 1 aromatic rings. The molecule has 0 aromatic carbocycles. The third kappa shape index (κ3) is 6.69. The van der Waals surface area contributed by atoms with Crippen molar-refractivity contribution in [2.45, 2.75) is 52.0 Å². The van der Waals surface area contributed by atoms with Crippen molar-refractivity contribution in [2.24, 2.45) is 16.8 Å². The Labute approximate surface area is 155 Å². The molecule has 1 atom stereocenters. The molecule has 25 heavy (non-hydrogen) atoms. The van der Waals surface area contributed by atoms with Crippen LogP contribution >= 0.6 is 11.3 Å². The average molecular weight is 366 g/mol. The SMILES string of the molecule is CCOC(=O)C1CCC(NC(=NC)NCC(C)Cc2cccs2)CC1. The van der Waals surface area contributed by atoms with E-state index in [2.05, 4.69) is 40.1 Å². The van der Waals surface area contributed by atoms with Crippen molar-refractivity contribution in [2.75, 3.05) is 20.2 Å². The van der Waals surface area contributed by atoms with Gasteiger partial charge in [-0.15, -0.1) is 11.3 Å². The summed E-state index contributed by atoms with van der Waals surface area (Å²) >= 11 is 1.81. The fraction of sp³-hybridized carbons (Fsp3) is 0.684. The molecule has 0 amide bonds. The fourth-order valence-corrected chi connectivity index (χ4v) is 4.11. The summed E-state index contributed by atoms with van der Waals surface area (Å²) < 4.78 is 5.13. The predicted molar refractivity (Wildman–Crippen MR) is 104 cm³/mol. The van der Waals surface area contributed by atoms with Crippen LogP contribution in [-0.2, 0) is 16.0 Å². The molecular formula is C19H31N3O2S. The first-order valence-electron chi connectivity index (χ1n) is 9.28. The minimum absolute atomic E-state index is 0.0362. The molecule has 0 bridgehead atoms. The lowest BCUT2D eigenvalue weighted by molar-refractivity contribution is -0.149. The van der Waals surface area contributed by atoms with Gasteiger partial charge in [-0.05, 0) is 56.4 Å². The highest BCUT2D eigenvalue weighted by atomic mass is 32.1. The van der Waals surface area contributed by atoms with Gasteiger partial charge >= 0.3 is 5.97 Å². The van der Waals surface area contributed by atoms with Gasteiger partial charge in [-0.1, -0.05) is 13.0 Å². The first kappa shape index (κ1) is 19.8. The fourth-order valence-electron chi connectivity index (χ4n) is 3.24. The number of guanidine groups is 1. The Morgan fingerprint density at radius 3 is 2.76 bits per heavy atom. The van der Waals surface area contributed by atoms with E-state index in [1.165, 1.54) is 4.88 Å². The Morgan fingerprint density at radius 2 is 2.16 bits per heavy atom. The summed E-state index contributed by atoms with van der Waals surface area (Å²) in [7, 11) is 1.81. The summed E-state index contributed by atoms with van der Waals surface area (Å²) in [6.45, 7) is 5.48. The normalized spacial score (nSPS) is 22.3. The molecule has 1 saturated carbocycles. The van der Waals surface area contributed by atoms with Crippen LogP contribution in [0.15, 0.2) is 22.5 Å². The maximum Gasteiger partial charge on any atom is 0.308 e. The molecule has 0 aliphatic heterocycles. The third-order valence-electron chi connectivity index (χ3n) is 4.66. The number of nitrogens with zero attached hydrogens (tertiary/aromatic N) is 1. The predicted octanol–water partition coefficient (Wildman–Crippen LogP) is 3.21. The molecule has 0 spiro atoms. The van der Waals surface area contributed by atoms with Gasteiger partial charge in [-0.25, -0.2) is 0 Å². The molecule has 2 N–H and O–H groups in total. The van der Waals surface area contributed by atoms with E-state index in [4.69, 9.17) is 4.74 Å². The number of hydrogen-bond acceptors (Lipinski definition) is 4. The van der Waals surface area contributed by atoms with Gasteiger partial charge < -0.3 is 15.4 Å². The lowest BCUT2D eigenvalue weighted by Gasteiger charge is -2.29. The first-order chi connectivity index (χ1) is 12.1. The van der Waals surface area contributed by atoms with Crippen LogP contribution in [0.2, 0.25) is 0 Å². The molecule has 1 heterocycles. The molecule has 1 aromatic heterocycles. The summed E-state index contributed by atoms with van der Waals surface area (Å²) in [5.41, 5.74) is 0. The molecule has 5 nitrogen and oxygen atoms in total. The smallest absolute Gasteiger partial charge is 0.308 e. The standard InChI is InChI=1S/C19H31N3O2S/c1-4-24-18(23)15-7-9-16(10-8-15)22-19(20-3)21-13-14(2)12-17-6-5-11-25-17/h5-6,11,14-16H,4,7-10,12-13H2,1-3H3,(H2,20,21,22). The van der Waals surface area contributed by atoms with Crippen molar-refractivity contribution in [3.63, 3.8) is 0 Å². The van der Waals surface area contributed by atoms with Crippen LogP contribution in [0.4, 0.5) is 0 Å². The van der Waals surface area contributed by atoms with Crippen LogP contribution in [0.3, 0.4) is 0 Å². The second kappa shape index (κ2) is 10.4. The second-order valence-electron chi connectivity index (χ2n) is 6.79. The molecule has 1 unspecified atom stereocenters. The Balaban J connectivity index is 1.69. The molecule has 1 aliphatic rings. The maximum atomic E-state index is 11.8. The van der Waals surface area contributed by atoms with Crippen molar-refractivity contribution in [3.05, 3.63) is 22.4 Å². The van der Waals surface area contributed by atoms with Gasteiger partial charge in [0.2, 0.25) is 0 Å². The van der Waals surface area contributed by atoms with Crippen LogP contribution < -0.4 is 10.6 Å². The second-order valence-corrected chi connectivity index (χ2v) is 7.82. The zero-order valence-corrected chi connectivity index (χ0v) is 16.4. The molecule has 1 aliphatic carbocycles. The van der Waals surface area contributed by atoms with E-state index in [0.29, 0.717) is 18.6 Å². The molecule has 140 valence electrons. The highest BCUT2D eigenvalue weighted by Crippen LogP contribution is 2.25. The maximum absolute atomic E-state index is 11.8. The number of thiophene rings is 1. The highest BCUT2D eigenvalue weighted by Gasteiger charge is 2.27. The molecule has 2 rings (SSSR count). The van der Waals surface area contributed by atoms with Gasteiger partial charge in [0, 0.05) is 24.5 Å². The van der Waals surface area contributed by atoms with Crippen LogP contribution in [-0.4, -0.2) is 38.2 Å². The van der Waals surface area contributed by atoms with Crippen LogP contribution in [0.5, 0.6) is 0 Å². The Kier molecular flexibility index (Phi) is 8.25. The number of ether oxygens (including phenoxy) is 1. The summed E-state index contributed by atoms with van der Waals surface area (Å²) in [5, 5.41) is 9.06. The van der Waals surface area contributed by atoms with E-state index in [9.17, 15) is 4.79 Å². The van der Waals surface area contributed by atoms with E-state index in [-0.39, 0.29) is 11.9 Å². The van der Waals surface area contributed by atoms with E-state index in [1.54, 1.807) is 0 Å². The van der Waals surface area contributed by atoms with E-state index >= 15 is 0 Å². The number of rotatable bonds is 7. The van der Waals surface area contributed by atoms with Crippen LogP contribution in [0, 0.1) is 11.8 Å². The number of carbonyl (C=O) groups excluding carboxylic acids is 1. The lowest BCUT2D eigenvalue weighted by Crippen LogP contribution is -2.46. The number of esters is 1. The van der Waals surface area contributed by atoms with Gasteiger partial charge in [-0.2, -0.15) is 0 Å². The van der Waals surface area contributed by atoms with Crippen LogP contribution in [0.1, 0.15) is 44.4 Å². The summed E-state index contributed by atoms with van der Waals surface area (Å²) in [5.74, 6) is 1.44. The van der Waals surface area contributed by atoms with Gasteiger partial charge in [-0.3, -0.25) is 9.79 Å². The minimum Gasteiger partial charge on any atom is -0.466 e. The van der Waals surface area contributed by atoms with E-state index in [0.717, 1.165) is 44.6 Å².